The molecule has 116 valence electrons. The van der Waals surface area contributed by atoms with Crippen LogP contribution >= 0.6 is 35.3 Å². The van der Waals surface area contributed by atoms with Gasteiger partial charge in [-0.2, -0.15) is 0 Å². The Labute approximate surface area is 135 Å². The molecule has 0 fully saturated rings. The molecule has 0 aromatic heterocycles. The van der Waals surface area contributed by atoms with E-state index in [2.05, 4.69) is 56.1 Å². The minimum atomic E-state index is 0.797. The maximum atomic E-state index is 2.29. The van der Waals surface area contributed by atoms with Gasteiger partial charge in [-0.25, -0.2) is 0 Å². The third-order valence-electron chi connectivity index (χ3n) is 3.01. The van der Waals surface area contributed by atoms with Gasteiger partial charge in [0.25, 0.3) is 0 Å². The van der Waals surface area contributed by atoms with Crippen LogP contribution in [0.2, 0.25) is 0 Å². The van der Waals surface area contributed by atoms with Crippen molar-refractivity contribution >= 4 is 35.3 Å². The lowest BCUT2D eigenvalue weighted by atomic mass is 10.3. The summed E-state index contributed by atoms with van der Waals surface area (Å²) in [6.45, 7) is 6.88. The SMILES string of the molecule is CCCCCSC(SCCCCC)SCCCCC. The molecule has 0 unspecified atom stereocenters. The molecule has 0 amide bonds. The Kier molecular flexibility index (Phi) is 18.0. The highest BCUT2D eigenvalue weighted by atomic mass is 32.3. The molecule has 3 heteroatoms. The van der Waals surface area contributed by atoms with Gasteiger partial charge in [0.15, 0.2) is 0 Å². The Morgan fingerprint density at radius 3 is 1.11 bits per heavy atom. The van der Waals surface area contributed by atoms with Gasteiger partial charge < -0.3 is 0 Å². The van der Waals surface area contributed by atoms with Crippen LogP contribution in [0.15, 0.2) is 0 Å². The summed E-state index contributed by atoms with van der Waals surface area (Å²) in [4.78, 5) is 0. The fraction of sp³-hybridized carbons (Fsp3) is 1.00. The Balaban J connectivity index is 3.66. The first-order valence-corrected chi connectivity index (χ1v) is 11.3. The molecule has 0 aliphatic heterocycles. The van der Waals surface area contributed by atoms with E-state index in [9.17, 15) is 0 Å². The minimum absolute atomic E-state index is 0.797. The van der Waals surface area contributed by atoms with Gasteiger partial charge in [-0.15, -0.1) is 35.3 Å². The molecule has 0 aliphatic carbocycles. The van der Waals surface area contributed by atoms with Crippen LogP contribution in [0.3, 0.4) is 0 Å². The highest BCUT2D eigenvalue weighted by molar-refractivity contribution is 8.32. The average Bonchev–Trinajstić information content (AvgIpc) is 2.43. The van der Waals surface area contributed by atoms with Crippen molar-refractivity contribution < 1.29 is 0 Å². The van der Waals surface area contributed by atoms with Crippen LogP contribution in [0.5, 0.6) is 0 Å². The maximum Gasteiger partial charge on any atom is 0.0955 e. The van der Waals surface area contributed by atoms with E-state index in [1.165, 1.54) is 75.0 Å². The third kappa shape index (κ3) is 15.3. The molecule has 0 saturated heterocycles. The van der Waals surface area contributed by atoms with E-state index >= 15 is 0 Å². The van der Waals surface area contributed by atoms with Crippen molar-refractivity contribution in [2.75, 3.05) is 17.3 Å². The lowest BCUT2D eigenvalue weighted by molar-refractivity contribution is 0.777. The van der Waals surface area contributed by atoms with Crippen LogP contribution in [0.4, 0.5) is 0 Å². The van der Waals surface area contributed by atoms with Crippen molar-refractivity contribution in [1.82, 2.24) is 0 Å². The summed E-state index contributed by atoms with van der Waals surface area (Å²) in [7, 11) is 0. The first kappa shape index (κ1) is 20.1. The number of hydrogen-bond acceptors (Lipinski definition) is 3. The Hall–Kier alpha value is 1.05. The Bertz CT molecular complexity index is 134. The second-order valence-electron chi connectivity index (χ2n) is 5.02. The molecule has 0 atom stereocenters. The van der Waals surface area contributed by atoms with E-state index in [-0.39, 0.29) is 0 Å². The van der Waals surface area contributed by atoms with E-state index in [1.54, 1.807) is 0 Å². The monoisotopic (exact) mass is 322 g/mol. The van der Waals surface area contributed by atoms with Crippen molar-refractivity contribution in [2.45, 2.75) is 82.5 Å². The molecule has 0 aromatic carbocycles. The summed E-state index contributed by atoms with van der Waals surface area (Å²) in [6.07, 6.45) is 12.5. The zero-order valence-electron chi connectivity index (χ0n) is 13.3. The van der Waals surface area contributed by atoms with E-state index in [4.69, 9.17) is 0 Å². The van der Waals surface area contributed by atoms with Gasteiger partial charge in [-0.05, 0) is 36.5 Å². The van der Waals surface area contributed by atoms with E-state index < -0.39 is 0 Å². The van der Waals surface area contributed by atoms with Crippen LogP contribution in [-0.4, -0.2) is 21.2 Å². The zero-order chi connectivity index (χ0) is 14.2. The normalized spacial score (nSPS) is 11.4. The van der Waals surface area contributed by atoms with Gasteiger partial charge in [0.1, 0.15) is 0 Å². The van der Waals surface area contributed by atoms with Gasteiger partial charge in [-0.3, -0.25) is 0 Å². The van der Waals surface area contributed by atoms with Crippen LogP contribution in [-0.2, 0) is 0 Å². The largest absolute Gasteiger partial charge is 0.137 e. The quantitative estimate of drug-likeness (QED) is 0.234. The number of hydrogen-bond donors (Lipinski definition) is 0. The lowest BCUT2D eigenvalue weighted by Gasteiger charge is -2.15. The molecule has 0 saturated carbocycles. The highest BCUT2D eigenvalue weighted by Crippen LogP contribution is 2.35. The van der Waals surface area contributed by atoms with Gasteiger partial charge in [0.2, 0.25) is 0 Å². The first-order chi connectivity index (χ1) is 9.35. The first-order valence-electron chi connectivity index (χ1n) is 8.19. The van der Waals surface area contributed by atoms with Crippen molar-refractivity contribution in [3.8, 4) is 0 Å². The Morgan fingerprint density at radius 2 is 0.842 bits per heavy atom. The Morgan fingerprint density at radius 1 is 0.526 bits per heavy atom. The predicted molar refractivity (Wildman–Crippen MR) is 99.7 cm³/mol. The molecule has 0 aliphatic rings. The fourth-order valence-electron chi connectivity index (χ4n) is 1.74. The van der Waals surface area contributed by atoms with Crippen molar-refractivity contribution in [3.63, 3.8) is 0 Å². The molecule has 0 spiro atoms. The van der Waals surface area contributed by atoms with Gasteiger partial charge in [0.05, 0.1) is 3.91 Å². The minimum Gasteiger partial charge on any atom is -0.137 e. The lowest BCUT2D eigenvalue weighted by Crippen LogP contribution is -1.97. The van der Waals surface area contributed by atoms with Crippen molar-refractivity contribution in [3.05, 3.63) is 0 Å². The molecule has 0 heterocycles. The standard InChI is InChI=1S/C16H34S3/c1-4-7-10-13-17-16(18-14-11-8-5-2)19-15-12-9-6-3/h16H,4-15H2,1-3H3. The summed E-state index contributed by atoms with van der Waals surface area (Å²) in [5.74, 6) is 4.08. The average molecular weight is 323 g/mol. The molecule has 0 radical (unpaired) electrons. The third-order valence-corrected chi connectivity index (χ3v) is 7.84. The summed E-state index contributed by atoms with van der Waals surface area (Å²) in [6, 6.07) is 0. The predicted octanol–water partition coefficient (Wildman–Crippen LogP) is 7.04. The summed E-state index contributed by atoms with van der Waals surface area (Å²) in [5, 5.41) is 0. The molecule has 0 rings (SSSR count). The summed E-state index contributed by atoms with van der Waals surface area (Å²) >= 11 is 6.61. The molecule has 0 N–H and O–H groups in total. The fourth-order valence-corrected chi connectivity index (χ4v) is 6.32. The molecule has 0 aromatic rings. The molecule has 0 bridgehead atoms. The smallest absolute Gasteiger partial charge is 0.0955 e. The maximum absolute atomic E-state index is 2.29. The van der Waals surface area contributed by atoms with Crippen LogP contribution in [0, 0.1) is 0 Å². The summed E-state index contributed by atoms with van der Waals surface area (Å²) < 4.78 is 0.797. The molecular weight excluding hydrogens is 288 g/mol. The van der Waals surface area contributed by atoms with Crippen molar-refractivity contribution in [2.24, 2.45) is 0 Å². The molecule has 0 nitrogen and oxygen atoms in total. The van der Waals surface area contributed by atoms with E-state index in [0.717, 1.165) is 3.91 Å². The zero-order valence-corrected chi connectivity index (χ0v) is 15.7. The number of unbranched alkanes of at least 4 members (excludes halogenated alkanes) is 6. The van der Waals surface area contributed by atoms with Crippen LogP contribution in [0.1, 0.15) is 78.6 Å². The highest BCUT2D eigenvalue weighted by Gasteiger charge is 2.09. The van der Waals surface area contributed by atoms with Gasteiger partial charge in [0, 0.05) is 0 Å². The number of thioether (sulfide) groups is 3. The topological polar surface area (TPSA) is 0 Å². The van der Waals surface area contributed by atoms with Crippen LogP contribution in [0.25, 0.3) is 0 Å². The number of rotatable bonds is 15. The van der Waals surface area contributed by atoms with Crippen molar-refractivity contribution in [1.29, 1.82) is 0 Å². The van der Waals surface area contributed by atoms with Gasteiger partial charge >= 0.3 is 0 Å². The molecular formula is C16H34S3. The van der Waals surface area contributed by atoms with E-state index in [1.807, 2.05) is 0 Å². The second-order valence-corrected chi connectivity index (χ2v) is 9.56. The second kappa shape index (κ2) is 17.1. The van der Waals surface area contributed by atoms with Gasteiger partial charge in [-0.1, -0.05) is 59.3 Å². The summed E-state index contributed by atoms with van der Waals surface area (Å²) in [5.41, 5.74) is 0. The van der Waals surface area contributed by atoms with E-state index in [0.29, 0.717) is 0 Å². The van der Waals surface area contributed by atoms with Crippen LogP contribution < -0.4 is 0 Å². The molecule has 19 heavy (non-hydrogen) atoms.